The SMILES string of the molecule is Cl.NC(=O)c1ccc(F)c(NC(=O)C2COCCN2)c1. The van der Waals surface area contributed by atoms with E-state index < -0.39 is 23.7 Å². The molecule has 110 valence electrons. The Labute approximate surface area is 121 Å². The van der Waals surface area contributed by atoms with E-state index in [-0.39, 0.29) is 30.3 Å². The zero-order valence-electron chi connectivity index (χ0n) is 10.5. The van der Waals surface area contributed by atoms with Gasteiger partial charge in [0.05, 0.1) is 18.9 Å². The van der Waals surface area contributed by atoms with Crippen LogP contribution in [0.5, 0.6) is 0 Å². The lowest BCUT2D eigenvalue weighted by Crippen LogP contribution is -2.48. The number of halogens is 2. The summed E-state index contributed by atoms with van der Waals surface area (Å²) in [6.07, 6.45) is 0. The summed E-state index contributed by atoms with van der Waals surface area (Å²) < 4.78 is 18.7. The van der Waals surface area contributed by atoms with Crippen LogP contribution in [0.3, 0.4) is 0 Å². The largest absolute Gasteiger partial charge is 0.378 e. The number of hydrogen-bond acceptors (Lipinski definition) is 4. The fourth-order valence-corrected chi connectivity index (χ4v) is 1.73. The van der Waals surface area contributed by atoms with Gasteiger partial charge in [0.25, 0.3) is 0 Å². The van der Waals surface area contributed by atoms with E-state index >= 15 is 0 Å². The number of nitrogens with two attached hydrogens (primary N) is 1. The molecule has 1 heterocycles. The number of anilines is 1. The standard InChI is InChI=1S/C12H14FN3O3.ClH/c13-8-2-1-7(11(14)17)5-9(8)16-12(18)10-6-19-4-3-15-10;/h1-2,5,10,15H,3-4,6H2,(H2,14,17)(H,16,18);1H. The van der Waals surface area contributed by atoms with Gasteiger partial charge in [0.15, 0.2) is 0 Å². The van der Waals surface area contributed by atoms with Crippen LogP contribution in [0.1, 0.15) is 10.4 Å². The molecule has 4 N–H and O–H groups in total. The molecular formula is C12H15ClFN3O3. The second-order valence-electron chi connectivity index (χ2n) is 4.13. The molecular weight excluding hydrogens is 289 g/mol. The third-order valence-corrected chi connectivity index (χ3v) is 2.75. The van der Waals surface area contributed by atoms with Gasteiger partial charge in [-0.3, -0.25) is 9.59 Å². The predicted octanol–water partition coefficient (Wildman–Crippen LogP) is 0.273. The summed E-state index contributed by atoms with van der Waals surface area (Å²) in [5.74, 6) is -1.73. The molecule has 1 aliphatic heterocycles. The van der Waals surface area contributed by atoms with Crippen molar-refractivity contribution in [2.45, 2.75) is 6.04 Å². The lowest BCUT2D eigenvalue weighted by Gasteiger charge is -2.23. The monoisotopic (exact) mass is 303 g/mol. The molecule has 0 saturated carbocycles. The molecule has 0 bridgehead atoms. The van der Waals surface area contributed by atoms with Crippen molar-refractivity contribution >= 4 is 29.9 Å². The molecule has 1 fully saturated rings. The molecule has 1 unspecified atom stereocenters. The van der Waals surface area contributed by atoms with Gasteiger partial charge in [-0.25, -0.2) is 4.39 Å². The van der Waals surface area contributed by atoms with Crippen molar-refractivity contribution in [1.29, 1.82) is 0 Å². The maximum absolute atomic E-state index is 13.5. The maximum Gasteiger partial charge on any atom is 0.248 e. The summed E-state index contributed by atoms with van der Waals surface area (Å²) in [5, 5.41) is 5.36. The van der Waals surface area contributed by atoms with Crippen molar-refractivity contribution in [3.63, 3.8) is 0 Å². The van der Waals surface area contributed by atoms with Crippen LogP contribution in [0.4, 0.5) is 10.1 Å². The second kappa shape index (κ2) is 7.18. The molecule has 1 aromatic rings. The van der Waals surface area contributed by atoms with Gasteiger partial charge >= 0.3 is 0 Å². The van der Waals surface area contributed by atoms with E-state index in [2.05, 4.69) is 10.6 Å². The first-order valence-electron chi connectivity index (χ1n) is 5.79. The first kappa shape index (κ1) is 16.4. The van der Waals surface area contributed by atoms with E-state index in [0.29, 0.717) is 13.2 Å². The molecule has 6 nitrogen and oxygen atoms in total. The third kappa shape index (κ3) is 3.89. The number of carbonyl (C=O) groups is 2. The predicted molar refractivity (Wildman–Crippen MR) is 73.4 cm³/mol. The van der Waals surface area contributed by atoms with Crippen molar-refractivity contribution in [3.05, 3.63) is 29.6 Å². The Morgan fingerprint density at radius 2 is 2.20 bits per heavy atom. The number of primary amides is 1. The minimum Gasteiger partial charge on any atom is -0.378 e. The number of hydrogen-bond donors (Lipinski definition) is 3. The Bertz CT molecular complexity index is 507. The van der Waals surface area contributed by atoms with E-state index in [0.717, 1.165) is 6.07 Å². The number of ether oxygens (including phenoxy) is 1. The van der Waals surface area contributed by atoms with Crippen molar-refractivity contribution < 1.29 is 18.7 Å². The fraction of sp³-hybridized carbons (Fsp3) is 0.333. The molecule has 1 saturated heterocycles. The number of nitrogens with one attached hydrogen (secondary N) is 2. The van der Waals surface area contributed by atoms with Crippen LogP contribution in [0.15, 0.2) is 18.2 Å². The van der Waals surface area contributed by atoms with Crippen LogP contribution in [0, 0.1) is 5.82 Å². The van der Waals surface area contributed by atoms with E-state index in [4.69, 9.17) is 10.5 Å². The zero-order valence-corrected chi connectivity index (χ0v) is 11.3. The fourth-order valence-electron chi connectivity index (χ4n) is 1.73. The molecule has 8 heteroatoms. The van der Waals surface area contributed by atoms with E-state index in [1.54, 1.807) is 0 Å². The van der Waals surface area contributed by atoms with Crippen LogP contribution >= 0.6 is 12.4 Å². The molecule has 20 heavy (non-hydrogen) atoms. The maximum atomic E-state index is 13.5. The molecule has 2 rings (SSSR count). The van der Waals surface area contributed by atoms with Gasteiger partial charge in [-0.1, -0.05) is 0 Å². The summed E-state index contributed by atoms with van der Waals surface area (Å²) >= 11 is 0. The van der Waals surface area contributed by atoms with Gasteiger partial charge in [-0.05, 0) is 18.2 Å². The van der Waals surface area contributed by atoms with Crippen molar-refractivity contribution in [2.75, 3.05) is 25.1 Å². The van der Waals surface area contributed by atoms with Gasteiger partial charge in [0, 0.05) is 12.1 Å². The minimum absolute atomic E-state index is 0. The Balaban J connectivity index is 0.00000200. The van der Waals surface area contributed by atoms with Crippen LogP contribution in [-0.4, -0.2) is 37.6 Å². The number of rotatable bonds is 3. The molecule has 2 amide bonds. The molecule has 0 aromatic heterocycles. The van der Waals surface area contributed by atoms with Gasteiger partial charge in [0.1, 0.15) is 11.9 Å². The number of carbonyl (C=O) groups excluding carboxylic acids is 2. The summed E-state index contributed by atoms with van der Waals surface area (Å²) in [6, 6.07) is 3.01. The highest BCUT2D eigenvalue weighted by molar-refractivity contribution is 5.98. The average Bonchev–Trinajstić information content (AvgIpc) is 2.42. The smallest absolute Gasteiger partial charge is 0.248 e. The van der Waals surface area contributed by atoms with Crippen molar-refractivity contribution in [2.24, 2.45) is 5.73 Å². The van der Waals surface area contributed by atoms with Gasteiger partial charge < -0.3 is 21.1 Å². The Morgan fingerprint density at radius 3 is 2.80 bits per heavy atom. The molecule has 1 atom stereocenters. The molecule has 0 spiro atoms. The highest BCUT2D eigenvalue weighted by Crippen LogP contribution is 2.16. The Morgan fingerprint density at radius 1 is 1.45 bits per heavy atom. The summed E-state index contributed by atoms with van der Waals surface area (Å²) in [5.41, 5.74) is 5.15. The average molecular weight is 304 g/mol. The van der Waals surface area contributed by atoms with Crippen LogP contribution in [0.25, 0.3) is 0 Å². The lowest BCUT2D eigenvalue weighted by molar-refractivity contribution is -0.120. The Kier molecular flexibility index (Phi) is 5.87. The topological polar surface area (TPSA) is 93.5 Å². The van der Waals surface area contributed by atoms with Gasteiger partial charge in [0.2, 0.25) is 11.8 Å². The normalized spacial score (nSPS) is 17.9. The number of amides is 2. The van der Waals surface area contributed by atoms with E-state index in [1.807, 2.05) is 0 Å². The van der Waals surface area contributed by atoms with Crippen molar-refractivity contribution in [3.8, 4) is 0 Å². The molecule has 1 aliphatic rings. The third-order valence-electron chi connectivity index (χ3n) is 2.75. The van der Waals surface area contributed by atoms with E-state index in [1.165, 1.54) is 12.1 Å². The van der Waals surface area contributed by atoms with Crippen LogP contribution in [0.2, 0.25) is 0 Å². The first-order valence-corrected chi connectivity index (χ1v) is 5.79. The summed E-state index contributed by atoms with van der Waals surface area (Å²) in [7, 11) is 0. The molecule has 0 aliphatic carbocycles. The Hall–Kier alpha value is -1.70. The summed E-state index contributed by atoms with van der Waals surface area (Å²) in [4.78, 5) is 22.9. The summed E-state index contributed by atoms with van der Waals surface area (Å²) in [6.45, 7) is 1.32. The number of benzene rings is 1. The quantitative estimate of drug-likeness (QED) is 0.747. The highest BCUT2D eigenvalue weighted by Gasteiger charge is 2.22. The van der Waals surface area contributed by atoms with Crippen LogP contribution in [-0.2, 0) is 9.53 Å². The van der Waals surface area contributed by atoms with Crippen molar-refractivity contribution in [1.82, 2.24) is 5.32 Å². The van der Waals surface area contributed by atoms with Gasteiger partial charge in [-0.15, -0.1) is 12.4 Å². The first-order chi connectivity index (χ1) is 9.08. The molecule has 1 aromatic carbocycles. The number of morpholine rings is 1. The van der Waals surface area contributed by atoms with E-state index in [9.17, 15) is 14.0 Å². The highest BCUT2D eigenvalue weighted by atomic mass is 35.5. The minimum atomic E-state index is -0.686. The lowest BCUT2D eigenvalue weighted by atomic mass is 10.1. The van der Waals surface area contributed by atoms with Crippen LogP contribution < -0.4 is 16.4 Å². The molecule has 0 radical (unpaired) electrons. The zero-order chi connectivity index (χ0) is 13.8. The second-order valence-corrected chi connectivity index (χ2v) is 4.13. The van der Waals surface area contributed by atoms with Gasteiger partial charge in [-0.2, -0.15) is 0 Å².